The van der Waals surface area contributed by atoms with E-state index in [1.165, 1.54) is 9.13 Å². The van der Waals surface area contributed by atoms with E-state index in [0.29, 0.717) is 0 Å². The van der Waals surface area contributed by atoms with E-state index in [1.807, 2.05) is 30.3 Å². The third kappa shape index (κ3) is 5.76. The van der Waals surface area contributed by atoms with Gasteiger partial charge >= 0.3 is 0 Å². The van der Waals surface area contributed by atoms with E-state index in [2.05, 4.69) is 66.5 Å². The molecule has 0 aromatic heterocycles. The smallest absolute Gasteiger partial charge is 0.126 e. The Morgan fingerprint density at radius 3 is 2.39 bits per heavy atom. The molecule has 2 aromatic rings. The lowest BCUT2D eigenvalue weighted by atomic mass is 10.1. The second-order valence-electron chi connectivity index (χ2n) is 5.21. The Balaban J connectivity index is 2.04. The van der Waals surface area contributed by atoms with Crippen LogP contribution >= 0.6 is 22.6 Å². The summed E-state index contributed by atoms with van der Waals surface area (Å²) in [5.41, 5.74) is 3.40. The van der Waals surface area contributed by atoms with Crippen molar-refractivity contribution in [1.82, 2.24) is 0 Å². The van der Waals surface area contributed by atoms with E-state index >= 15 is 0 Å². The molecule has 0 saturated carbocycles. The van der Waals surface area contributed by atoms with Gasteiger partial charge in [0.05, 0.1) is 6.26 Å². The van der Waals surface area contributed by atoms with Crippen molar-refractivity contribution < 1.29 is 4.74 Å². The lowest BCUT2D eigenvalue weighted by Gasteiger charge is -2.01. The van der Waals surface area contributed by atoms with Gasteiger partial charge in [-0.3, -0.25) is 0 Å². The molecular weight excluding hydrogens is 395 g/mol. The van der Waals surface area contributed by atoms with Crippen molar-refractivity contribution in [2.45, 2.75) is 33.1 Å². The van der Waals surface area contributed by atoms with Gasteiger partial charge in [-0.25, -0.2) is 0 Å². The van der Waals surface area contributed by atoms with E-state index in [-0.39, 0.29) is 0 Å². The number of rotatable bonds is 5. The van der Waals surface area contributed by atoms with Crippen LogP contribution in [0.3, 0.4) is 0 Å². The van der Waals surface area contributed by atoms with Gasteiger partial charge in [-0.1, -0.05) is 32.1 Å². The standard InChI is InChI=1S/C21H21IO/c1-3-5-6-15-23-20-12-9-17(10-13-20)7-8-18-11-14-21(22)19(4-2)16-18/h6,9-16H,3-5H2,1-2H3. The number of allylic oxidation sites excluding steroid dienone is 1. The third-order valence-electron chi connectivity index (χ3n) is 3.39. The Kier molecular flexibility index (Phi) is 7.22. The van der Waals surface area contributed by atoms with Gasteiger partial charge < -0.3 is 4.74 Å². The van der Waals surface area contributed by atoms with E-state index in [0.717, 1.165) is 36.1 Å². The highest BCUT2D eigenvalue weighted by Crippen LogP contribution is 2.15. The highest BCUT2D eigenvalue weighted by Gasteiger charge is 1.97. The Labute approximate surface area is 152 Å². The second-order valence-corrected chi connectivity index (χ2v) is 6.37. The van der Waals surface area contributed by atoms with Crippen molar-refractivity contribution in [3.63, 3.8) is 0 Å². The summed E-state index contributed by atoms with van der Waals surface area (Å²) in [5.74, 6) is 7.28. The number of hydrogen-bond acceptors (Lipinski definition) is 1. The van der Waals surface area contributed by atoms with Gasteiger partial charge in [-0.2, -0.15) is 0 Å². The molecule has 23 heavy (non-hydrogen) atoms. The van der Waals surface area contributed by atoms with Crippen LogP contribution in [0.4, 0.5) is 0 Å². The Morgan fingerprint density at radius 1 is 1.00 bits per heavy atom. The van der Waals surface area contributed by atoms with Crippen molar-refractivity contribution in [3.8, 4) is 17.6 Å². The molecule has 2 heteroatoms. The summed E-state index contributed by atoms with van der Waals surface area (Å²) in [6.45, 7) is 4.32. The maximum atomic E-state index is 5.54. The molecule has 0 unspecified atom stereocenters. The molecule has 0 amide bonds. The lowest BCUT2D eigenvalue weighted by molar-refractivity contribution is 0.478. The van der Waals surface area contributed by atoms with Crippen molar-refractivity contribution >= 4 is 22.6 Å². The van der Waals surface area contributed by atoms with E-state index in [1.54, 1.807) is 6.26 Å². The highest BCUT2D eigenvalue weighted by atomic mass is 127. The Morgan fingerprint density at radius 2 is 1.70 bits per heavy atom. The fourth-order valence-electron chi connectivity index (χ4n) is 2.05. The first-order valence-corrected chi connectivity index (χ1v) is 9.03. The maximum absolute atomic E-state index is 5.54. The number of hydrogen-bond donors (Lipinski definition) is 0. The minimum atomic E-state index is 0.838. The molecule has 0 bridgehead atoms. The number of unbranched alkanes of at least 4 members (excludes halogenated alkanes) is 1. The van der Waals surface area contributed by atoms with Crippen LogP contribution in [0.5, 0.6) is 5.75 Å². The van der Waals surface area contributed by atoms with Crippen LogP contribution in [0.1, 0.15) is 43.4 Å². The maximum Gasteiger partial charge on any atom is 0.126 e. The van der Waals surface area contributed by atoms with E-state index in [9.17, 15) is 0 Å². The number of halogens is 1. The van der Waals surface area contributed by atoms with Gasteiger partial charge in [0.1, 0.15) is 5.75 Å². The monoisotopic (exact) mass is 416 g/mol. The molecule has 2 rings (SSSR count). The zero-order chi connectivity index (χ0) is 16.5. The molecule has 0 fully saturated rings. The molecule has 0 spiro atoms. The predicted molar refractivity (Wildman–Crippen MR) is 106 cm³/mol. The fraction of sp³-hybridized carbons (Fsp3) is 0.238. The summed E-state index contributed by atoms with van der Waals surface area (Å²) >= 11 is 2.37. The van der Waals surface area contributed by atoms with Crippen molar-refractivity contribution in [3.05, 3.63) is 75.1 Å². The molecule has 0 aliphatic rings. The number of benzene rings is 2. The first kappa shape index (κ1) is 17.6. The zero-order valence-electron chi connectivity index (χ0n) is 13.6. The minimum absolute atomic E-state index is 0.838. The van der Waals surface area contributed by atoms with Gasteiger partial charge in [-0.05, 0) is 89.5 Å². The quantitative estimate of drug-likeness (QED) is 0.333. The van der Waals surface area contributed by atoms with Crippen LogP contribution in [0.25, 0.3) is 0 Å². The van der Waals surface area contributed by atoms with E-state index in [4.69, 9.17) is 4.74 Å². The molecule has 0 saturated heterocycles. The van der Waals surface area contributed by atoms with Gasteiger partial charge in [0.2, 0.25) is 0 Å². The minimum Gasteiger partial charge on any atom is -0.465 e. The SMILES string of the molecule is CCCC=COc1ccc(C#Cc2ccc(I)c(CC)c2)cc1. The van der Waals surface area contributed by atoms with Gasteiger partial charge in [0, 0.05) is 14.7 Å². The summed E-state index contributed by atoms with van der Waals surface area (Å²) in [4.78, 5) is 0. The molecule has 0 aliphatic carbocycles. The molecule has 0 heterocycles. The summed E-state index contributed by atoms with van der Waals surface area (Å²) < 4.78 is 6.84. The first-order valence-electron chi connectivity index (χ1n) is 7.95. The fourth-order valence-corrected chi connectivity index (χ4v) is 2.76. The lowest BCUT2D eigenvalue weighted by Crippen LogP contribution is -1.87. The molecule has 0 N–H and O–H groups in total. The van der Waals surface area contributed by atoms with Crippen LogP contribution < -0.4 is 4.74 Å². The number of aryl methyl sites for hydroxylation is 1. The zero-order valence-corrected chi connectivity index (χ0v) is 15.8. The molecule has 0 radical (unpaired) electrons. The molecular formula is C21H21IO. The molecule has 0 aliphatic heterocycles. The van der Waals surface area contributed by atoms with Crippen LogP contribution in [0, 0.1) is 15.4 Å². The average molecular weight is 416 g/mol. The number of ether oxygens (including phenoxy) is 1. The Hall–Kier alpha value is -1.73. The normalized spacial score (nSPS) is 10.4. The first-order chi connectivity index (χ1) is 11.2. The van der Waals surface area contributed by atoms with Crippen LogP contribution in [0.15, 0.2) is 54.8 Å². The molecule has 0 atom stereocenters. The van der Waals surface area contributed by atoms with Gasteiger partial charge in [0.15, 0.2) is 0 Å². The van der Waals surface area contributed by atoms with Crippen molar-refractivity contribution in [1.29, 1.82) is 0 Å². The van der Waals surface area contributed by atoms with Gasteiger partial charge in [0.25, 0.3) is 0 Å². The molecule has 2 aromatic carbocycles. The molecule has 118 valence electrons. The predicted octanol–water partition coefficient (Wildman–Crippen LogP) is 5.95. The summed E-state index contributed by atoms with van der Waals surface area (Å²) in [7, 11) is 0. The van der Waals surface area contributed by atoms with Crippen LogP contribution in [-0.2, 0) is 6.42 Å². The van der Waals surface area contributed by atoms with E-state index < -0.39 is 0 Å². The highest BCUT2D eigenvalue weighted by molar-refractivity contribution is 14.1. The summed E-state index contributed by atoms with van der Waals surface area (Å²) in [6, 6.07) is 14.3. The Bertz CT molecular complexity index is 718. The van der Waals surface area contributed by atoms with Crippen molar-refractivity contribution in [2.24, 2.45) is 0 Å². The van der Waals surface area contributed by atoms with Crippen LogP contribution in [0.2, 0.25) is 0 Å². The largest absolute Gasteiger partial charge is 0.465 e. The topological polar surface area (TPSA) is 9.23 Å². The summed E-state index contributed by atoms with van der Waals surface area (Å²) in [6.07, 6.45) is 7.00. The second kappa shape index (κ2) is 9.42. The van der Waals surface area contributed by atoms with Crippen LogP contribution in [-0.4, -0.2) is 0 Å². The van der Waals surface area contributed by atoms with Gasteiger partial charge in [-0.15, -0.1) is 0 Å². The third-order valence-corrected chi connectivity index (χ3v) is 4.44. The average Bonchev–Trinajstić information content (AvgIpc) is 2.59. The van der Waals surface area contributed by atoms with Crippen molar-refractivity contribution in [2.75, 3.05) is 0 Å². The molecule has 1 nitrogen and oxygen atoms in total. The summed E-state index contributed by atoms with van der Waals surface area (Å²) in [5, 5.41) is 0.